The fourth-order valence-corrected chi connectivity index (χ4v) is 3.64. The molecule has 1 amide bonds. The van der Waals surface area contributed by atoms with Crippen molar-refractivity contribution in [3.63, 3.8) is 0 Å². The number of carboxylic acids is 1. The number of aromatic carboxylic acids is 1. The fraction of sp³-hybridized carbons (Fsp3) is 0.652. The van der Waals surface area contributed by atoms with E-state index >= 15 is 0 Å². The number of nitrogens with one attached hydrogen (secondary N) is 1. The lowest BCUT2D eigenvalue weighted by atomic mass is 9.81. The van der Waals surface area contributed by atoms with Gasteiger partial charge in [-0.1, -0.05) is 26.0 Å². The Balaban J connectivity index is 0.000000308. The van der Waals surface area contributed by atoms with Gasteiger partial charge in [0, 0.05) is 17.6 Å². The topological polar surface area (TPSA) is 89.9 Å². The molecule has 6 nitrogen and oxygen atoms in total. The van der Waals surface area contributed by atoms with Crippen LogP contribution in [-0.2, 0) is 4.79 Å². The second kappa shape index (κ2) is 9.26. The third-order valence-electron chi connectivity index (χ3n) is 5.44. The first-order valence-corrected chi connectivity index (χ1v) is 10.3. The number of carboxylic acid groups (broad SMARTS) is 1. The zero-order chi connectivity index (χ0) is 22.6. The highest BCUT2D eigenvalue weighted by atomic mass is 16.4. The second-order valence-corrected chi connectivity index (χ2v) is 9.46. The molecule has 0 spiro atoms. The number of amides is 1. The Kier molecular flexibility index (Phi) is 8.02. The zero-order valence-electron chi connectivity index (χ0n) is 19.2. The number of carbonyl (C=O) groups excluding carboxylic acids is 1. The van der Waals surface area contributed by atoms with Crippen LogP contribution >= 0.6 is 0 Å². The lowest BCUT2D eigenvalue weighted by Gasteiger charge is -2.53. The highest BCUT2D eigenvalue weighted by molar-refractivity contribution is 5.88. The second-order valence-electron chi connectivity index (χ2n) is 9.46. The van der Waals surface area contributed by atoms with Crippen molar-refractivity contribution < 1.29 is 19.8 Å². The van der Waals surface area contributed by atoms with Gasteiger partial charge in [-0.05, 0) is 72.1 Å². The van der Waals surface area contributed by atoms with Gasteiger partial charge in [-0.3, -0.25) is 10.1 Å². The Morgan fingerprint density at radius 3 is 2.00 bits per heavy atom. The molecule has 164 valence electrons. The van der Waals surface area contributed by atoms with Crippen molar-refractivity contribution in [2.75, 3.05) is 6.54 Å². The highest BCUT2D eigenvalue weighted by Gasteiger charge is 2.49. The third-order valence-corrected chi connectivity index (χ3v) is 5.44. The predicted molar refractivity (Wildman–Crippen MR) is 116 cm³/mol. The van der Waals surface area contributed by atoms with E-state index in [0.717, 1.165) is 24.9 Å². The third kappa shape index (κ3) is 6.28. The molecule has 2 rings (SSSR count). The van der Waals surface area contributed by atoms with Crippen molar-refractivity contribution in [3.05, 3.63) is 35.4 Å². The first kappa shape index (κ1) is 25.1. The van der Waals surface area contributed by atoms with Crippen molar-refractivity contribution in [2.45, 2.75) is 91.0 Å². The summed E-state index contributed by atoms with van der Waals surface area (Å²) in [7, 11) is 0. The van der Waals surface area contributed by atoms with Gasteiger partial charge in [-0.15, -0.1) is 0 Å². The van der Waals surface area contributed by atoms with Crippen LogP contribution in [0.25, 0.3) is 0 Å². The molecule has 1 unspecified atom stereocenters. The Morgan fingerprint density at radius 1 is 1.17 bits per heavy atom. The molecule has 0 aromatic heterocycles. The van der Waals surface area contributed by atoms with Gasteiger partial charge in [-0.2, -0.15) is 0 Å². The summed E-state index contributed by atoms with van der Waals surface area (Å²) in [4.78, 5) is 25.2. The van der Waals surface area contributed by atoms with E-state index in [2.05, 4.69) is 53.8 Å². The monoisotopic (exact) mass is 406 g/mol. The molecule has 1 aliphatic heterocycles. The molecule has 0 aliphatic carbocycles. The molecule has 1 atom stereocenters. The highest BCUT2D eigenvalue weighted by Crippen LogP contribution is 2.32. The molecule has 1 aromatic carbocycles. The maximum Gasteiger partial charge on any atom is 0.335 e. The minimum absolute atomic E-state index is 0.0206. The summed E-state index contributed by atoms with van der Waals surface area (Å²) in [6.07, 6.45) is 1.14. The van der Waals surface area contributed by atoms with Crippen LogP contribution in [0, 0.1) is 0 Å². The molecule has 1 aliphatic rings. The number of nitrogens with zero attached hydrogens (tertiary/aromatic N) is 1. The Bertz CT molecular complexity index is 699. The SMILES string of the molecule is CC(O)c1ccc(C(=O)O)cc1.CCC1(CC)NC(C)(C)CN(C(C)(C)C)C1=O. The maximum atomic E-state index is 12.7. The molecule has 0 radical (unpaired) electrons. The number of aliphatic hydroxyl groups is 1. The Morgan fingerprint density at radius 2 is 1.66 bits per heavy atom. The van der Waals surface area contributed by atoms with Gasteiger partial charge in [0.05, 0.1) is 17.2 Å². The van der Waals surface area contributed by atoms with Gasteiger partial charge in [0.25, 0.3) is 0 Å². The van der Waals surface area contributed by atoms with E-state index in [1.165, 1.54) is 12.1 Å². The molecule has 1 aromatic rings. The van der Waals surface area contributed by atoms with Crippen molar-refractivity contribution in [1.29, 1.82) is 0 Å². The van der Waals surface area contributed by atoms with Gasteiger partial charge < -0.3 is 15.1 Å². The van der Waals surface area contributed by atoms with Gasteiger partial charge in [0.1, 0.15) is 0 Å². The van der Waals surface area contributed by atoms with Crippen LogP contribution in [0.2, 0.25) is 0 Å². The van der Waals surface area contributed by atoms with E-state index in [1.54, 1.807) is 19.1 Å². The number of hydrogen-bond donors (Lipinski definition) is 3. The normalized spacial score (nSPS) is 19.2. The smallest absolute Gasteiger partial charge is 0.335 e. The van der Waals surface area contributed by atoms with E-state index in [-0.39, 0.29) is 28.1 Å². The van der Waals surface area contributed by atoms with E-state index in [1.807, 2.05) is 4.90 Å². The van der Waals surface area contributed by atoms with Gasteiger partial charge in [0.15, 0.2) is 0 Å². The summed E-state index contributed by atoms with van der Waals surface area (Å²) in [5.74, 6) is -0.693. The molecule has 1 fully saturated rings. The van der Waals surface area contributed by atoms with E-state index in [9.17, 15) is 9.59 Å². The van der Waals surface area contributed by atoms with Gasteiger partial charge in [-0.25, -0.2) is 4.79 Å². The molecule has 1 saturated heterocycles. The fourth-order valence-electron chi connectivity index (χ4n) is 3.64. The van der Waals surface area contributed by atoms with Crippen LogP contribution in [0.15, 0.2) is 24.3 Å². The van der Waals surface area contributed by atoms with Crippen LogP contribution in [0.3, 0.4) is 0 Å². The number of benzene rings is 1. The van der Waals surface area contributed by atoms with E-state index < -0.39 is 12.1 Å². The van der Waals surface area contributed by atoms with Crippen LogP contribution in [0.4, 0.5) is 0 Å². The van der Waals surface area contributed by atoms with Crippen molar-refractivity contribution in [1.82, 2.24) is 10.2 Å². The molecule has 6 heteroatoms. The standard InChI is InChI=1S/C14H28N2O.C9H10O3/c1-8-14(9-2)11(17)16(12(3,4)5)10-13(6,7)15-14;1-6(10)7-2-4-8(5-3-7)9(11)12/h15H,8-10H2,1-7H3;2-6,10H,1H3,(H,11,12). The zero-order valence-corrected chi connectivity index (χ0v) is 19.2. The van der Waals surface area contributed by atoms with Crippen LogP contribution < -0.4 is 5.32 Å². The average Bonchev–Trinajstić information content (AvgIpc) is 2.63. The minimum atomic E-state index is -0.952. The lowest BCUT2D eigenvalue weighted by Crippen LogP contribution is -2.74. The lowest BCUT2D eigenvalue weighted by molar-refractivity contribution is -0.152. The molecular weight excluding hydrogens is 368 g/mol. The summed E-state index contributed by atoms with van der Waals surface area (Å²) in [6.45, 7) is 17.3. The number of carbonyl (C=O) groups is 2. The maximum absolute atomic E-state index is 12.7. The quantitative estimate of drug-likeness (QED) is 0.703. The number of piperazine rings is 1. The summed E-state index contributed by atoms with van der Waals surface area (Å²) < 4.78 is 0. The predicted octanol–water partition coefficient (Wildman–Crippen LogP) is 3.99. The van der Waals surface area contributed by atoms with Crippen molar-refractivity contribution >= 4 is 11.9 Å². The Labute approximate surface area is 175 Å². The molecule has 0 saturated carbocycles. The van der Waals surface area contributed by atoms with Crippen LogP contribution in [0.5, 0.6) is 0 Å². The summed E-state index contributed by atoms with van der Waals surface area (Å²) in [5, 5.41) is 21.2. The minimum Gasteiger partial charge on any atom is -0.478 e. The van der Waals surface area contributed by atoms with Crippen LogP contribution in [-0.4, -0.2) is 50.2 Å². The number of rotatable bonds is 4. The number of aliphatic hydroxyl groups excluding tert-OH is 1. The van der Waals surface area contributed by atoms with E-state index in [0.29, 0.717) is 0 Å². The van der Waals surface area contributed by atoms with Gasteiger partial charge >= 0.3 is 5.97 Å². The summed E-state index contributed by atoms with van der Waals surface area (Å²) >= 11 is 0. The van der Waals surface area contributed by atoms with Crippen LogP contribution in [0.1, 0.15) is 90.3 Å². The first-order chi connectivity index (χ1) is 13.2. The number of hydrogen-bond acceptors (Lipinski definition) is 4. The van der Waals surface area contributed by atoms with Gasteiger partial charge in [0.2, 0.25) is 5.91 Å². The average molecular weight is 407 g/mol. The molecule has 3 N–H and O–H groups in total. The largest absolute Gasteiger partial charge is 0.478 e. The Hall–Kier alpha value is -1.92. The van der Waals surface area contributed by atoms with Crippen molar-refractivity contribution in [2.24, 2.45) is 0 Å². The summed E-state index contributed by atoms with van der Waals surface area (Å²) in [6, 6.07) is 6.16. The first-order valence-electron chi connectivity index (χ1n) is 10.3. The molecule has 29 heavy (non-hydrogen) atoms. The molecule has 1 heterocycles. The summed E-state index contributed by atoms with van der Waals surface area (Å²) in [5.41, 5.74) is 0.452. The molecular formula is C23H38N2O4. The van der Waals surface area contributed by atoms with Crippen molar-refractivity contribution in [3.8, 4) is 0 Å². The van der Waals surface area contributed by atoms with E-state index in [4.69, 9.17) is 10.2 Å². The molecule has 0 bridgehead atoms.